The molecule has 0 saturated carbocycles. The fourth-order valence-electron chi connectivity index (χ4n) is 2.61. The van der Waals surface area contributed by atoms with Crippen LogP contribution < -0.4 is 16.0 Å². The molecule has 0 aliphatic rings. The summed E-state index contributed by atoms with van der Waals surface area (Å²) in [7, 11) is 1.68. The predicted octanol–water partition coefficient (Wildman–Crippen LogP) is 3.90. The topological polar surface area (TPSA) is 88.2 Å². The maximum Gasteiger partial charge on any atom is 0.227 e. The summed E-state index contributed by atoms with van der Waals surface area (Å²) in [6.07, 6.45) is 1.72. The number of methoxy groups -OCH3 is 1. The van der Waals surface area contributed by atoms with E-state index in [1.54, 1.807) is 13.3 Å². The number of benzene rings is 2. The van der Waals surface area contributed by atoms with E-state index in [-0.39, 0.29) is 5.91 Å². The average molecular weight is 377 g/mol. The van der Waals surface area contributed by atoms with Crippen molar-refractivity contribution in [3.8, 4) is 11.3 Å². The lowest BCUT2D eigenvalue weighted by Crippen LogP contribution is -2.07. The largest absolute Gasteiger partial charge is 0.383 e. The van der Waals surface area contributed by atoms with E-state index in [0.717, 1.165) is 34.9 Å². The Hall–Kier alpha value is -3.45. The first-order valence-electron chi connectivity index (χ1n) is 8.95. The lowest BCUT2D eigenvalue weighted by molar-refractivity contribution is -0.114. The molecule has 1 amide bonds. The number of hydrogen-bond donors (Lipinski definition) is 3. The first kappa shape index (κ1) is 19.3. The van der Waals surface area contributed by atoms with Crippen molar-refractivity contribution in [3.63, 3.8) is 0 Å². The fraction of sp³-hybridized carbons (Fsp3) is 0.190. The Morgan fingerprint density at radius 2 is 1.64 bits per heavy atom. The summed E-state index contributed by atoms with van der Waals surface area (Å²) in [5, 5.41) is 9.24. The molecule has 3 aromatic rings. The van der Waals surface area contributed by atoms with Crippen LogP contribution in [0.3, 0.4) is 0 Å². The van der Waals surface area contributed by atoms with Crippen molar-refractivity contribution in [2.45, 2.75) is 6.92 Å². The van der Waals surface area contributed by atoms with Crippen LogP contribution in [0.15, 0.2) is 60.8 Å². The molecule has 0 bridgehead atoms. The molecule has 0 aliphatic carbocycles. The molecule has 7 nitrogen and oxygen atoms in total. The van der Waals surface area contributed by atoms with E-state index < -0.39 is 0 Å². The zero-order valence-corrected chi connectivity index (χ0v) is 15.9. The quantitative estimate of drug-likeness (QED) is 0.516. The summed E-state index contributed by atoms with van der Waals surface area (Å²) in [6.45, 7) is 2.90. The van der Waals surface area contributed by atoms with Crippen LogP contribution in [0.2, 0.25) is 0 Å². The highest BCUT2D eigenvalue weighted by Crippen LogP contribution is 2.22. The second-order valence-corrected chi connectivity index (χ2v) is 6.15. The zero-order valence-electron chi connectivity index (χ0n) is 15.9. The van der Waals surface area contributed by atoms with Crippen molar-refractivity contribution in [2.24, 2.45) is 0 Å². The number of anilines is 4. The van der Waals surface area contributed by atoms with E-state index in [1.165, 1.54) is 6.92 Å². The van der Waals surface area contributed by atoms with Crippen molar-refractivity contribution >= 4 is 28.9 Å². The highest BCUT2D eigenvalue weighted by Gasteiger charge is 2.04. The molecule has 1 heterocycles. The molecule has 3 rings (SSSR count). The Morgan fingerprint density at radius 3 is 2.32 bits per heavy atom. The van der Waals surface area contributed by atoms with Crippen molar-refractivity contribution < 1.29 is 9.53 Å². The number of rotatable bonds is 8. The Labute approximate surface area is 164 Å². The third-order valence-corrected chi connectivity index (χ3v) is 3.93. The van der Waals surface area contributed by atoms with Gasteiger partial charge in [0, 0.05) is 49.4 Å². The van der Waals surface area contributed by atoms with Gasteiger partial charge in [-0.1, -0.05) is 12.1 Å². The van der Waals surface area contributed by atoms with Gasteiger partial charge in [0.15, 0.2) is 0 Å². The Bertz CT molecular complexity index is 911. The van der Waals surface area contributed by atoms with Crippen LogP contribution in [0.5, 0.6) is 0 Å². The van der Waals surface area contributed by atoms with Gasteiger partial charge in [0.05, 0.1) is 12.3 Å². The van der Waals surface area contributed by atoms with Gasteiger partial charge in [-0.25, -0.2) is 9.97 Å². The molecule has 7 heteroatoms. The molecule has 28 heavy (non-hydrogen) atoms. The van der Waals surface area contributed by atoms with E-state index in [2.05, 4.69) is 25.9 Å². The van der Waals surface area contributed by atoms with Crippen LogP contribution in [-0.2, 0) is 9.53 Å². The number of nitrogens with zero attached hydrogens (tertiary/aromatic N) is 2. The van der Waals surface area contributed by atoms with Crippen LogP contribution >= 0.6 is 0 Å². The number of nitrogens with one attached hydrogen (secondary N) is 3. The van der Waals surface area contributed by atoms with E-state index >= 15 is 0 Å². The standard InChI is InChI=1S/C21H23N5O2/c1-15(27)24-18-5-3-16(4-6-18)20-11-12-23-21(26-20)25-19-9-7-17(8-10-19)22-13-14-28-2/h3-12,22H,13-14H2,1-2H3,(H,24,27)(H,23,25,26). The molecule has 144 valence electrons. The predicted molar refractivity (Wildman–Crippen MR) is 112 cm³/mol. The average Bonchev–Trinajstić information content (AvgIpc) is 2.70. The van der Waals surface area contributed by atoms with E-state index in [1.807, 2.05) is 54.6 Å². The second kappa shape index (κ2) is 9.48. The number of amides is 1. The highest BCUT2D eigenvalue weighted by molar-refractivity contribution is 5.88. The summed E-state index contributed by atoms with van der Waals surface area (Å²) in [4.78, 5) is 20.0. The van der Waals surface area contributed by atoms with E-state index in [9.17, 15) is 4.79 Å². The zero-order chi connectivity index (χ0) is 19.8. The van der Waals surface area contributed by atoms with Gasteiger partial charge in [-0.2, -0.15) is 0 Å². The first-order chi connectivity index (χ1) is 13.6. The molecule has 0 spiro atoms. The SMILES string of the molecule is COCCNc1ccc(Nc2nccc(-c3ccc(NC(C)=O)cc3)n2)cc1. The third kappa shape index (κ3) is 5.52. The second-order valence-electron chi connectivity index (χ2n) is 6.15. The normalized spacial score (nSPS) is 10.4. The number of carbonyl (C=O) groups is 1. The lowest BCUT2D eigenvalue weighted by Gasteiger charge is -2.09. The number of hydrogen-bond acceptors (Lipinski definition) is 6. The molecule has 0 radical (unpaired) electrons. The van der Waals surface area contributed by atoms with Crippen LogP contribution in [0.4, 0.5) is 23.0 Å². The van der Waals surface area contributed by atoms with Gasteiger partial charge in [0.25, 0.3) is 0 Å². The van der Waals surface area contributed by atoms with Gasteiger partial charge in [-0.3, -0.25) is 4.79 Å². The summed E-state index contributed by atoms with van der Waals surface area (Å²) in [6, 6.07) is 17.3. The maximum absolute atomic E-state index is 11.1. The Morgan fingerprint density at radius 1 is 0.964 bits per heavy atom. The van der Waals surface area contributed by atoms with Gasteiger partial charge in [0.2, 0.25) is 11.9 Å². The lowest BCUT2D eigenvalue weighted by atomic mass is 10.1. The Balaban J connectivity index is 1.67. The maximum atomic E-state index is 11.1. The van der Waals surface area contributed by atoms with Crippen molar-refractivity contribution in [1.82, 2.24) is 9.97 Å². The monoisotopic (exact) mass is 377 g/mol. The van der Waals surface area contributed by atoms with E-state index in [0.29, 0.717) is 12.6 Å². The van der Waals surface area contributed by atoms with Gasteiger partial charge in [-0.15, -0.1) is 0 Å². The van der Waals surface area contributed by atoms with Crippen LogP contribution in [-0.4, -0.2) is 36.1 Å². The van der Waals surface area contributed by atoms with Crippen LogP contribution in [0.25, 0.3) is 11.3 Å². The van der Waals surface area contributed by atoms with Gasteiger partial charge < -0.3 is 20.7 Å². The number of aromatic nitrogens is 2. The number of carbonyl (C=O) groups excluding carboxylic acids is 1. The fourth-order valence-corrected chi connectivity index (χ4v) is 2.61. The molecule has 0 unspecified atom stereocenters. The first-order valence-corrected chi connectivity index (χ1v) is 8.95. The van der Waals surface area contributed by atoms with Gasteiger partial charge >= 0.3 is 0 Å². The molecule has 1 aromatic heterocycles. The molecular formula is C21H23N5O2. The molecule has 0 saturated heterocycles. The summed E-state index contributed by atoms with van der Waals surface area (Å²) >= 11 is 0. The number of ether oxygens (including phenoxy) is 1. The molecular weight excluding hydrogens is 354 g/mol. The van der Waals surface area contributed by atoms with E-state index in [4.69, 9.17) is 4.74 Å². The highest BCUT2D eigenvalue weighted by atomic mass is 16.5. The summed E-state index contributed by atoms with van der Waals surface area (Å²) < 4.78 is 5.03. The van der Waals surface area contributed by atoms with Crippen molar-refractivity contribution in [1.29, 1.82) is 0 Å². The van der Waals surface area contributed by atoms with Gasteiger partial charge in [0.1, 0.15) is 0 Å². The molecule has 0 fully saturated rings. The van der Waals surface area contributed by atoms with Crippen LogP contribution in [0, 0.1) is 0 Å². The van der Waals surface area contributed by atoms with Crippen molar-refractivity contribution in [3.05, 3.63) is 60.8 Å². The molecule has 0 aliphatic heterocycles. The minimum Gasteiger partial charge on any atom is -0.383 e. The van der Waals surface area contributed by atoms with Gasteiger partial charge in [-0.05, 0) is 42.5 Å². The minimum absolute atomic E-state index is 0.0961. The smallest absolute Gasteiger partial charge is 0.227 e. The summed E-state index contributed by atoms with van der Waals surface area (Å²) in [5.41, 5.74) is 4.41. The third-order valence-electron chi connectivity index (χ3n) is 3.93. The van der Waals surface area contributed by atoms with Crippen LogP contribution in [0.1, 0.15) is 6.92 Å². The molecule has 2 aromatic carbocycles. The molecule has 3 N–H and O–H groups in total. The van der Waals surface area contributed by atoms with Crippen molar-refractivity contribution in [2.75, 3.05) is 36.2 Å². The molecule has 0 atom stereocenters. The summed E-state index contributed by atoms with van der Waals surface area (Å²) in [5.74, 6) is 0.421. The Kier molecular flexibility index (Phi) is 6.54. The minimum atomic E-state index is -0.0961.